The van der Waals surface area contributed by atoms with Crippen molar-refractivity contribution < 1.29 is 4.79 Å². The highest BCUT2D eigenvalue weighted by molar-refractivity contribution is 7.99. The Hall–Kier alpha value is -3.58. The summed E-state index contributed by atoms with van der Waals surface area (Å²) in [5, 5.41) is 3.79. The van der Waals surface area contributed by atoms with Gasteiger partial charge in [0.2, 0.25) is 5.91 Å². The summed E-state index contributed by atoms with van der Waals surface area (Å²) in [6.45, 7) is 0.536. The van der Waals surface area contributed by atoms with Gasteiger partial charge < -0.3 is 10.3 Å². The van der Waals surface area contributed by atoms with Crippen molar-refractivity contribution in [2.75, 3.05) is 12.3 Å². The molecule has 3 aromatic carbocycles. The average Bonchev–Trinajstić information content (AvgIpc) is 3.39. The molecule has 2 N–H and O–H groups in total. The number of imidazole rings is 2. The number of hydrogen-bond donors (Lipinski definition) is 2. The van der Waals surface area contributed by atoms with E-state index in [2.05, 4.69) is 19.9 Å². The van der Waals surface area contributed by atoms with E-state index in [1.807, 2.05) is 78.9 Å². The van der Waals surface area contributed by atoms with Crippen LogP contribution in [0.5, 0.6) is 0 Å². The Bertz CT molecular complexity index is 1310. The normalized spacial score (nSPS) is 11.2. The molecule has 5 rings (SSSR count). The molecule has 0 spiro atoms. The Morgan fingerprint density at radius 1 is 0.903 bits per heavy atom. The fourth-order valence-corrected chi connectivity index (χ4v) is 4.41. The summed E-state index contributed by atoms with van der Waals surface area (Å²) in [5.41, 5.74) is 4.93. The third-order valence-corrected chi connectivity index (χ3v) is 5.94. The van der Waals surface area contributed by atoms with Crippen molar-refractivity contribution in [3.05, 3.63) is 84.7 Å². The second-order valence-electron chi connectivity index (χ2n) is 7.14. The number of fused-ring (bicyclic) bond motifs is 2. The minimum absolute atomic E-state index is 0.0206. The van der Waals surface area contributed by atoms with Gasteiger partial charge >= 0.3 is 0 Å². The van der Waals surface area contributed by atoms with E-state index in [0.717, 1.165) is 38.7 Å². The summed E-state index contributed by atoms with van der Waals surface area (Å²) >= 11 is 1.44. The summed E-state index contributed by atoms with van der Waals surface area (Å²) in [6.07, 6.45) is 0.660. The van der Waals surface area contributed by atoms with Gasteiger partial charge in [0.1, 0.15) is 5.82 Å². The zero-order valence-corrected chi connectivity index (χ0v) is 17.6. The number of nitrogens with one attached hydrogen (secondary N) is 2. The molecule has 0 unspecified atom stereocenters. The minimum Gasteiger partial charge on any atom is -0.355 e. The van der Waals surface area contributed by atoms with Gasteiger partial charge in [-0.1, -0.05) is 54.2 Å². The van der Waals surface area contributed by atoms with E-state index in [9.17, 15) is 4.79 Å². The maximum Gasteiger partial charge on any atom is 0.230 e. The third kappa shape index (κ3) is 4.18. The van der Waals surface area contributed by atoms with Crippen LogP contribution in [-0.4, -0.2) is 37.7 Å². The number of amides is 1. The molecule has 5 aromatic rings. The van der Waals surface area contributed by atoms with E-state index < -0.39 is 0 Å². The van der Waals surface area contributed by atoms with E-state index in [1.165, 1.54) is 11.8 Å². The molecule has 154 valence electrons. The lowest BCUT2D eigenvalue weighted by Gasteiger charge is -2.09. The highest BCUT2D eigenvalue weighted by Gasteiger charge is 2.14. The maximum absolute atomic E-state index is 12.4. The summed E-state index contributed by atoms with van der Waals surface area (Å²) in [6, 6.07) is 26.0. The van der Waals surface area contributed by atoms with Crippen molar-refractivity contribution in [2.24, 2.45) is 0 Å². The summed E-state index contributed by atoms with van der Waals surface area (Å²) < 4.78 is 2.10. The fraction of sp³-hybridized carbons (Fsp3) is 0.125. The van der Waals surface area contributed by atoms with Crippen molar-refractivity contribution >= 4 is 39.7 Å². The lowest BCUT2D eigenvalue weighted by Crippen LogP contribution is -2.27. The molecule has 0 aliphatic rings. The van der Waals surface area contributed by atoms with Gasteiger partial charge in [-0.15, -0.1) is 0 Å². The SMILES string of the molecule is O=C(CSc1nc2ccccc2n1-c1ccccc1)NCCc1nc2ccccc2[nH]1. The van der Waals surface area contributed by atoms with Crippen LogP contribution in [0.1, 0.15) is 5.82 Å². The van der Waals surface area contributed by atoms with E-state index in [-0.39, 0.29) is 5.91 Å². The molecule has 2 heterocycles. The first-order valence-corrected chi connectivity index (χ1v) is 11.1. The molecule has 6 nitrogen and oxygen atoms in total. The molecule has 2 aromatic heterocycles. The molecule has 0 saturated carbocycles. The van der Waals surface area contributed by atoms with Crippen LogP contribution in [0.4, 0.5) is 0 Å². The third-order valence-electron chi connectivity index (χ3n) is 5.00. The summed E-state index contributed by atoms with van der Waals surface area (Å²) in [7, 11) is 0. The first-order valence-electron chi connectivity index (χ1n) is 10.1. The number of nitrogens with zero attached hydrogens (tertiary/aromatic N) is 3. The smallest absolute Gasteiger partial charge is 0.230 e. The van der Waals surface area contributed by atoms with E-state index >= 15 is 0 Å². The predicted molar refractivity (Wildman–Crippen MR) is 125 cm³/mol. The van der Waals surface area contributed by atoms with Gasteiger partial charge in [-0.3, -0.25) is 9.36 Å². The predicted octanol–water partition coefficient (Wildman–Crippen LogP) is 4.35. The Labute approximate surface area is 183 Å². The number of thioether (sulfide) groups is 1. The second kappa shape index (κ2) is 8.65. The molecule has 0 aliphatic heterocycles. The van der Waals surface area contributed by atoms with Crippen molar-refractivity contribution in [3.8, 4) is 5.69 Å². The number of aromatic amines is 1. The number of hydrogen-bond acceptors (Lipinski definition) is 4. The number of aromatic nitrogens is 4. The molecule has 31 heavy (non-hydrogen) atoms. The van der Waals surface area contributed by atoms with Gasteiger partial charge in [-0.25, -0.2) is 9.97 Å². The minimum atomic E-state index is -0.0206. The molecule has 0 atom stereocenters. The van der Waals surface area contributed by atoms with Crippen LogP contribution in [0.15, 0.2) is 84.0 Å². The van der Waals surface area contributed by atoms with Gasteiger partial charge in [0, 0.05) is 18.7 Å². The quantitative estimate of drug-likeness (QED) is 0.379. The lowest BCUT2D eigenvalue weighted by molar-refractivity contribution is -0.118. The molecule has 0 radical (unpaired) electrons. The number of rotatable bonds is 7. The van der Waals surface area contributed by atoms with Crippen LogP contribution >= 0.6 is 11.8 Å². The number of H-pyrrole nitrogens is 1. The summed E-state index contributed by atoms with van der Waals surface area (Å²) in [5.74, 6) is 1.16. The Morgan fingerprint density at radius 3 is 2.48 bits per heavy atom. The standard InChI is InChI=1S/C24H21N5OS/c30-23(25-15-14-22-26-18-10-4-5-11-19(18)27-22)16-31-24-28-20-12-6-7-13-21(20)29(24)17-8-2-1-3-9-17/h1-13H,14-16H2,(H,25,30)(H,26,27). The fourth-order valence-electron chi connectivity index (χ4n) is 3.55. The van der Waals surface area contributed by atoms with Gasteiger partial charge in [-0.2, -0.15) is 0 Å². The highest BCUT2D eigenvalue weighted by atomic mass is 32.2. The molecule has 7 heteroatoms. The monoisotopic (exact) mass is 427 g/mol. The van der Waals surface area contributed by atoms with E-state index in [0.29, 0.717) is 18.7 Å². The number of benzene rings is 3. The number of para-hydroxylation sites is 5. The maximum atomic E-state index is 12.4. The largest absolute Gasteiger partial charge is 0.355 e. The van der Waals surface area contributed by atoms with Crippen LogP contribution in [0.3, 0.4) is 0 Å². The number of carbonyl (C=O) groups is 1. The van der Waals surface area contributed by atoms with Gasteiger partial charge in [-0.05, 0) is 36.4 Å². The van der Waals surface area contributed by atoms with Crippen molar-refractivity contribution in [3.63, 3.8) is 0 Å². The Balaban J connectivity index is 1.24. The summed E-state index contributed by atoms with van der Waals surface area (Å²) in [4.78, 5) is 25.0. The van der Waals surface area contributed by atoms with Crippen molar-refractivity contribution in [2.45, 2.75) is 11.6 Å². The first kappa shape index (κ1) is 19.4. The zero-order chi connectivity index (χ0) is 21.0. The molecular formula is C24H21N5OS. The molecule has 0 bridgehead atoms. The van der Waals surface area contributed by atoms with Crippen LogP contribution in [0.2, 0.25) is 0 Å². The van der Waals surface area contributed by atoms with E-state index in [4.69, 9.17) is 4.98 Å². The van der Waals surface area contributed by atoms with Gasteiger partial charge in [0.05, 0.1) is 27.8 Å². The molecule has 0 fully saturated rings. The average molecular weight is 428 g/mol. The van der Waals surface area contributed by atoms with Crippen molar-refractivity contribution in [1.29, 1.82) is 0 Å². The van der Waals surface area contributed by atoms with Gasteiger partial charge in [0.25, 0.3) is 0 Å². The molecule has 1 amide bonds. The number of carbonyl (C=O) groups excluding carboxylic acids is 1. The highest BCUT2D eigenvalue weighted by Crippen LogP contribution is 2.27. The van der Waals surface area contributed by atoms with Crippen molar-refractivity contribution in [1.82, 2.24) is 24.8 Å². The van der Waals surface area contributed by atoms with Crippen LogP contribution < -0.4 is 5.32 Å². The first-order chi connectivity index (χ1) is 15.3. The molecule has 0 aliphatic carbocycles. The topological polar surface area (TPSA) is 75.6 Å². The van der Waals surface area contributed by atoms with Crippen LogP contribution in [0, 0.1) is 0 Å². The molecular weight excluding hydrogens is 406 g/mol. The Kier molecular flexibility index (Phi) is 5.41. The van der Waals surface area contributed by atoms with E-state index in [1.54, 1.807) is 0 Å². The Morgan fingerprint density at radius 2 is 1.65 bits per heavy atom. The lowest BCUT2D eigenvalue weighted by atomic mass is 10.3. The van der Waals surface area contributed by atoms with Crippen LogP contribution in [0.25, 0.3) is 27.8 Å². The van der Waals surface area contributed by atoms with Gasteiger partial charge in [0.15, 0.2) is 5.16 Å². The second-order valence-corrected chi connectivity index (χ2v) is 8.09. The molecule has 0 saturated heterocycles. The van der Waals surface area contributed by atoms with Crippen LogP contribution in [-0.2, 0) is 11.2 Å². The zero-order valence-electron chi connectivity index (χ0n) is 16.8.